The molecule has 19 heavy (non-hydrogen) atoms. The van der Waals surface area contributed by atoms with Gasteiger partial charge in [-0.15, -0.1) is 0 Å². The van der Waals surface area contributed by atoms with Gasteiger partial charge in [0.2, 0.25) is 0 Å². The summed E-state index contributed by atoms with van der Waals surface area (Å²) in [6.07, 6.45) is 7.54. The second kappa shape index (κ2) is 6.47. The molecule has 0 radical (unpaired) electrons. The first-order valence-electron chi connectivity index (χ1n) is 7.17. The minimum Gasteiger partial charge on any atom is -0.316 e. The van der Waals surface area contributed by atoms with Crippen LogP contribution < -0.4 is 5.32 Å². The van der Waals surface area contributed by atoms with Crippen LogP contribution in [-0.4, -0.2) is 13.1 Å². The first-order chi connectivity index (χ1) is 9.07. The molecule has 0 saturated heterocycles. The fourth-order valence-corrected chi connectivity index (χ4v) is 3.89. The SMILES string of the molecule is CNC(Cc1c(Cl)cccc1Cl)C1(C)CCCCC1. The molecule has 1 aromatic rings. The average Bonchev–Trinajstić information content (AvgIpc) is 2.39. The highest BCUT2D eigenvalue weighted by atomic mass is 35.5. The molecule has 3 heteroatoms. The molecule has 0 spiro atoms. The molecule has 1 N–H and O–H groups in total. The van der Waals surface area contributed by atoms with E-state index < -0.39 is 0 Å². The summed E-state index contributed by atoms with van der Waals surface area (Å²) in [7, 11) is 2.05. The second-order valence-corrected chi connectivity index (χ2v) is 6.77. The fourth-order valence-electron chi connectivity index (χ4n) is 3.34. The van der Waals surface area contributed by atoms with Crippen LogP contribution in [0.2, 0.25) is 10.0 Å². The van der Waals surface area contributed by atoms with Gasteiger partial charge in [-0.1, -0.05) is 55.5 Å². The van der Waals surface area contributed by atoms with E-state index in [0.717, 1.165) is 22.0 Å². The molecular weight excluding hydrogens is 277 g/mol. The van der Waals surface area contributed by atoms with Gasteiger partial charge < -0.3 is 5.32 Å². The molecule has 0 bridgehead atoms. The van der Waals surface area contributed by atoms with Gasteiger partial charge in [0.05, 0.1) is 0 Å². The number of hydrogen-bond acceptors (Lipinski definition) is 1. The van der Waals surface area contributed by atoms with Gasteiger partial charge in [0.15, 0.2) is 0 Å². The molecule has 0 heterocycles. The summed E-state index contributed by atoms with van der Waals surface area (Å²) in [5, 5.41) is 5.07. The van der Waals surface area contributed by atoms with Crippen LogP contribution in [0, 0.1) is 5.41 Å². The fraction of sp³-hybridized carbons (Fsp3) is 0.625. The van der Waals surface area contributed by atoms with E-state index in [2.05, 4.69) is 19.3 Å². The van der Waals surface area contributed by atoms with Crippen molar-refractivity contribution in [2.45, 2.75) is 51.5 Å². The van der Waals surface area contributed by atoms with Crippen molar-refractivity contribution in [2.24, 2.45) is 5.41 Å². The Balaban J connectivity index is 2.19. The van der Waals surface area contributed by atoms with Crippen LogP contribution in [0.3, 0.4) is 0 Å². The van der Waals surface area contributed by atoms with Gasteiger partial charge in [-0.25, -0.2) is 0 Å². The van der Waals surface area contributed by atoms with Gasteiger partial charge in [-0.05, 0) is 49.4 Å². The van der Waals surface area contributed by atoms with Crippen LogP contribution in [0.1, 0.15) is 44.6 Å². The predicted molar refractivity (Wildman–Crippen MR) is 84.2 cm³/mol. The number of halogens is 2. The molecule has 0 aromatic heterocycles. The average molecular weight is 300 g/mol. The van der Waals surface area contributed by atoms with Crippen LogP contribution in [0.5, 0.6) is 0 Å². The highest BCUT2D eigenvalue weighted by molar-refractivity contribution is 6.36. The summed E-state index contributed by atoms with van der Waals surface area (Å²) in [6.45, 7) is 2.40. The third kappa shape index (κ3) is 3.45. The normalized spacial score (nSPS) is 20.2. The number of hydrogen-bond donors (Lipinski definition) is 1. The Labute approximate surface area is 126 Å². The molecule has 1 saturated carbocycles. The minimum atomic E-state index is 0.357. The number of benzene rings is 1. The van der Waals surface area contributed by atoms with Crippen LogP contribution >= 0.6 is 23.2 Å². The molecular formula is C16H23Cl2N. The van der Waals surface area contributed by atoms with E-state index in [0.29, 0.717) is 11.5 Å². The van der Waals surface area contributed by atoms with Gasteiger partial charge in [0, 0.05) is 16.1 Å². The molecule has 0 amide bonds. The summed E-state index contributed by atoms with van der Waals surface area (Å²) in [5.41, 5.74) is 1.44. The lowest BCUT2D eigenvalue weighted by atomic mass is 9.69. The topological polar surface area (TPSA) is 12.0 Å². The van der Waals surface area contributed by atoms with E-state index >= 15 is 0 Å². The lowest BCUT2D eigenvalue weighted by Crippen LogP contribution is -2.44. The van der Waals surface area contributed by atoms with Crippen LogP contribution in [0.15, 0.2) is 18.2 Å². The Kier molecular flexibility index (Phi) is 5.16. The Bertz CT molecular complexity index is 405. The van der Waals surface area contributed by atoms with Crippen molar-refractivity contribution in [1.82, 2.24) is 5.32 Å². The summed E-state index contributed by atoms with van der Waals surface area (Å²) in [5.74, 6) is 0. The predicted octanol–water partition coefficient (Wildman–Crippen LogP) is 5.09. The highest BCUT2D eigenvalue weighted by Gasteiger charge is 2.35. The van der Waals surface area contributed by atoms with E-state index in [9.17, 15) is 0 Å². The molecule has 1 atom stereocenters. The molecule has 1 aromatic carbocycles. The lowest BCUT2D eigenvalue weighted by Gasteiger charge is -2.41. The minimum absolute atomic E-state index is 0.357. The number of likely N-dealkylation sites (N-methyl/N-ethyl adjacent to an activating group) is 1. The first kappa shape index (κ1) is 15.2. The van der Waals surface area contributed by atoms with E-state index in [-0.39, 0.29) is 0 Å². The zero-order chi connectivity index (χ0) is 13.9. The largest absolute Gasteiger partial charge is 0.316 e. The summed E-state index contributed by atoms with van der Waals surface area (Å²) >= 11 is 12.6. The quantitative estimate of drug-likeness (QED) is 0.816. The standard InChI is InChI=1S/C16H23Cl2N/c1-16(9-4-3-5-10-16)15(19-2)11-12-13(17)7-6-8-14(12)18/h6-8,15,19H,3-5,9-11H2,1-2H3. The molecule has 1 nitrogen and oxygen atoms in total. The monoisotopic (exact) mass is 299 g/mol. The van der Waals surface area contributed by atoms with E-state index in [4.69, 9.17) is 23.2 Å². The molecule has 0 aliphatic heterocycles. The van der Waals surface area contributed by atoms with Crippen LogP contribution in [0.25, 0.3) is 0 Å². The zero-order valence-electron chi connectivity index (χ0n) is 11.8. The molecule has 1 unspecified atom stereocenters. The van der Waals surface area contributed by atoms with E-state index in [1.54, 1.807) is 0 Å². The van der Waals surface area contributed by atoms with Crippen LogP contribution in [0.4, 0.5) is 0 Å². The van der Waals surface area contributed by atoms with Crippen molar-refractivity contribution in [3.05, 3.63) is 33.8 Å². The maximum Gasteiger partial charge on any atom is 0.0453 e. The Hall–Kier alpha value is -0.240. The molecule has 106 valence electrons. The summed E-state index contributed by atoms with van der Waals surface area (Å²) in [6, 6.07) is 6.20. The summed E-state index contributed by atoms with van der Waals surface area (Å²) < 4.78 is 0. The van der Waals surface area contributed by atoms with Gasteiger partial charge in [-0.2, -0.15) is 0 Å². The maximum atomic E-state index is 6.30. The van der Waals surface area contributed by atoms with Crippen molar-refractivity contribution in [2.75, 3.05) is 7.05 Å². The van der Waals surface area contributed by atoms with Crippen molar-refractivity contribution in [3.63, 3.8) is 0 Å². The number of nitrogens with one attached hydrogen (secondary N) is 1. The smallest absolute Gasteiger partial charge is 0.0453 e. The van der Waals surface area contributed by atoms with Crippen molar-refractivity contribution in [1.29, 1.82) is 0 Å². The zero-order valence-corrected chi connectivity index (χ0v) is 13.3. The molecule has 2 rings (SSSR count). The Morgan fingerprint density at radius 1 is 1.16 bits per heavy atom. The van der Waals surface area contributed by atoms with Crippen molar-refractivity contribution < 1.29 is 0 Å². The summed E-state index contributed by atoms with van der Waals surface area (Å²) in [4.78, 5) is 0. The van der Waals surface area contributed by atoms with E-state index in [1.165, 1.54) is 32.1 Å². The van der Waals surface area contributed by atoms with Crippen molar-refractivity contribution >= 4 is 23.2 Å². The van der Waals surface area contributed by atoms with Gasteiger partial charge in [0.1, 0.15) is 0 Å². The van der Waals surface area contributed by atoms with Crippen LogP contribution in [-0.2, 0) is 6.42 Å². The highest BCUT2D eigenvalue weighted by Crippen LogP contribution is 2.41. The van der Waals surface area contributed by atoms with Gasteiger partial charge >= 0.3 is 0 Å². The number of rotatable bonds is 4. The molecule has 1 aliphatic carbocycles. The van der Waals surface area contributed by atoms with Gasteiger partial charge in [-0.3, -0.25) is 0 Å². The second-order valence-electron chi connectivity index (χ2n) is 5.96. The third-order valence-corrected chi connectivity index (χ3v) is 5.36. The maximum absolute atomic E-state index is 6.30. The first-order valence-corrected chi connectivity index (χ1v) is 7.92. The van der Waals surface area contributed by atoms with E-state index in [1.807, 2.05) is 18.2 Å². The Morgan fingerprint density at radius 2 is 1.74 bits per heavy atom. The lowest BCUT2D eigenvalue weighted by molar-refractivity contribution is 0.149. The molecule has 1 fully saturated rings. The van der Waals surface area contributed by atoms with Gasteiger partial charge in [0.25, 0.3) is 0 Å². The molecule has 1 aliphatic rings. The Morgan fingerprint density at radius 3 is 2.26 bits per heavy atom. The van der Waals surface area contributed by atoms with Crippen molar-refractivity contribution in [3.8, 4) is 0 Å². The third-order valence-electron chi connectivity index (χ3n) is 4.66.